The summed E-state index contributed by atoms with van der Waals surface area (Å²) in [4.78, 5) is 19.2. The van der Waals surface area contributed by atoms with Gasteiger partial charge in [-0.1, -0.05) is 24.3 Å². The molecule has 1 fully saturated rings. The number of carbonyl (C=O) groups excluding carboxylic acids is 1. The molecule has 2 aromatic carbocycles. The number of benzene rings is 2. The Bertz CT molecular complexity index is 924. The number of likely N-dealkylation sites (tertiary alicyclic amines) is 1. The average Bonchev–Trinajstić information content (AvgIpc) is 3.13. The zero-order valence-electron chi connectivity index (χ0n) is 16.4. The standard InChI is InChI=1S/C23H27N3O2/c1-2-28-20-9-7-18(8-10-20)15-23(27)25-13-11-19(12-14-25)16-26-17-24-21-5-3-4-6-22(21)26/h3-10,17,19H,2,11-16H2,1H3. The van der Waals surface area contributed by atoms with Crippen LogP contribution in [0.25, 0.3) is 11.0 Å². The Morgan fingerprint density at radius 2 is 1.86 bits per heavy atom. The molecular weight excluding hydrogens is 350 g/mol. The molecule has 0 radical (unpaired) electrons. The van der Waals surface area contributed by atoms with Crippen LogP contribution in [0.1, 0.15) is 25.3 Å². The number of fused-ring (bicyclic) bond motifs is 1. The number of aromatic nitrogens is 2. The van der Waals surface area contributed by atoms with Gasteiger partial charge in [0.15, 0.2) is 0 Å². The number of piperidine rings is 1. The van der Waals surface area contributed by atoms with Gasteiger partial charge in [0, 0.05) is 19.6 Å². The van der Waals surface area contributed by atoms with Crippen molar-refractivity contribution < 1.29 is 9.53 Å². The van der Waals surface area contributed by atoms with Gasteiger partial charge >= 0.3 is 0 Å². The molecule has 0 spiro atoms. The van der Waals surface area contributed by atoms with Crippen LogP contribution in [0, 0.1) is 5.92 Å². The van der Waals surface area contributed by atoms with Gasteiger partial charge in [-0.05, 0) is 55.5 Å². The summed E-state index contributed by atoms with van der Waals surface area (Å²) in [5, 5.41) is 0. The molecule has 0 aliphatic carbocycles. The number of para-hydroxylation sites is 2. The van der Waals surface area contributed by atoms with Crippen molar-refractivity contribution in [1.29, 1.82) is 0 Å². The first kappa shape index (κ1) is 18.5. The number of ether oxygens (including phenoxy) is 1. The zero-order valence-corrected chi connectivity index (χ0v) is 16.4. The minimum absolute atomic E-state index is 0.218. The lowest BCUT2D eigenvalue weighted by atomic mass is 9.96. The Balaban J connectivity index is 1.29. The summed E-state index contributed by atoms with van der Waals surface area (Å²) in [6.45, 7) is 5.28. The van der Waals surface area contributed by atoms with Crippen LogP contribution in [0.2, 0.25) is 0 Å². The van der Waals surface area contributed by atoms with Crippen molar-refractivity contribution in [2.75, 3.05) is 19.7 Å². The predicted octanol–water partition coefficient (Wildman–Crippen LogP) is 3.92. The van der Waals surface area contributed by atoms with E-state index < -0.39 is 0 Å². The molecule has 0 atom stereocenters. The lowest BCUT2D eigenvalue weighted by molar-refractivity contribution is -0.131. The number of hydrogen-bond donors (Lipinski definition) is 0. The second-order valence-corrected chi connectivity index (χ2v) is 7.46. The maximum absolute atomic E-state index is 12.7. The van der Waals surface area contributed by atoms with Crippen LogP contribution in [0.3, 0.4) is 0 Å². The van der Waals surface area contributed by atoms with Crippen LogP contribution in [0.4, 0.5) is 0 Å². The van der Waals surface area contributed by atoms with E-state index >= 15 is 0 Å². The molecule has 2 heterocycles. The average molecular weight is 377 g/mol. The highest BCUT2D eigenvalue weighted by Gasteiger charge is 2.23. The Morgan fingerprint density at radius 1 is 1.11 bits per heavy atom. The van der Waals surface area contributed by atoms with Gasteiger partial charge in [0.05, 0.1) is 30.4 Å². The van der Waals surface area contributed by atoms with Crippen LogP contribution >= 0.6 is 0 Å². The highest BCUT2D eigenvalue weighted by molar-refractivity contribution is 5.79. The summed E-state index contributed by atoms with van der Waals surface area (Å²) in [5.74, 6) is 1.66. The first-order valence-corrected chi connectivity index (χ1v) is 10.1. The summed E-state index contributed by atoms with van der Waals surface area (Å²) in [6.07, 6.45) is 4.49. The molecule has 5 heteroatoms. The minimum Gasteiger partial charge on any atom is -0.494 e. The van der Waals surface area contributed by atoms with Gasteiger partial charge in [-0.2, -0.15) is 0 Å². The summed E-state index contributed by atoms with van der Waals surface area (Å²) in [6, 6.07) is 16.1. The fourth-order valence-electron chi connectivity index (χ4n) is 3.96. The van der Waals surface area contributed by atoms with Crippen LogP contribution in [0.5, 0.6) is 5.75 Å². The van der Waals surface area contributed by atoms with Crippen molar-refractivity contribution in [2.45, 2.75) is 32.7 Å². The van der Waals surface area contributed by atoms with Gasteiger partial charge in [0.2, 0.25) is 5.91 Å². The van der Waals surface area contributed by atoms with E-state index in [0.29, 0.717) is 18.9 Å². The van der Waals surface area contributed by atoms with Crippen LogP contribution in [-0.4, -0.2) is 40.1 Å². The molecule has 1 saturated heterocycles. The van der Waals surface area contributed by atoms with E-state index in [1.54, 1.807) is 0 Å². The first-order valence-electron chi connectivity index (χ1n) is 10.1. The van der Waals surface area contributed by atoms with E-state index in [1.165, 1.54) is 5.52 Å². The highest BCUT2D eigenvalue weighted by atomic mass is 16.5. The molecule has 1 amide bonds. The van der Waals surface area contributed by atoms with Crippen molar-refractivity contribution in [3.63, 3.8) is 0 Å². The molecule has 5 nitrogen and oxygen atoms in total. The molecule has 28 heavy (non-hydrogen) atoms. The summed E-state index contributed by atoms with van der Waals surface area (Å²) >= 11 is 0. The smallest absolute Gasteiger partial charge is 0.226 e. The van der Waals surface area contributed by atoms with Gasteiger partial charge in [-0.25, -0.2) is 4.98 Å². The molecule has 0 saturated carbocycles. The van der Waals surface area contributed by atoms with E-state index in [9.17, 15) is 4.79 Å². The first-order chi connectivity index (χ1) is 13.7. The van der Waals surface area contributed by atoms with Crippen LogP contribution in [-0.2, 0) is 17.8 Å². The third kappa shape index (κ3) is 4.19. The predicted molar refractivity (Wildman–Crippen MR) is 110 cm³/mol. The van der Waals surface area contributed by atoms with E-state index in [1.807, 2.05) is 54.5 Å². The summed E-state index contributed by atoms with van der Waals surface area (Å²) in [5.41, 5.74) is 3.28. The number of nitrogens with zero attached hydrogens (tertiary/aromatic N) is 3. The molecule has 146 valence electrons. The van der Waals surface area contributed by atoms with Gasteiger partial charge in [-0.3, -0.25) is 4.79 Å². The number of rotatable bonds is 6. The SMILES string of the molecule is CCOc1ccc(CC(=O)N2CCC(Cn3cnc4ccccc43)CC2)cc1. The maximum Gasteiger partial charge on any atom is 0.226 e. The van der Waals surface area contributed by atoms with Gasteiger partial charge in [0.1, 0.15) is 5.75 Å². The lowest BCUT2D eigenvalue weighted by Crippen LogP contribution is -2.40. The Hall–Kier alpha value is -2.82. The Labute approximate surface area is 165 Å². The van der Waals surface area contributed by atoms with E-state index in [-0.39, 0.29) is 5.91 Å². The van der Waals surface area contributed by atoms with E-state index in [2.05, 4.69) is 21.7 Å². The third-order valence-corrected chi connectivity index (χ3v) is 5.54. The second-order valence-electron chi connectivity index (χ2n) is 7.46. The quantitative estimate of drug-likeness (QED) is 0.654. The number of hydrogen-bond acceptors (Lipinski definition) is 3. The Morgan fingerprint density at radius 3 is 2.61 bits per heavy atom. The second kappa shape index (κ2) is 8.46. The highest BCUT2D eigenvalue weighted by Crippen LogP contribution is 2.22. The molecule has 0 bridgehead atoms. The molecule has 0 N–H and O–H groups in total. The molecule has 3 aromatic rings. The minimum atomic E-state index is 0.218. The fraction of sp³-hybridized carbons (Fsp3) is 0.391. The van der Waals surface area contributed by atoms with Crippen molar-refractivity contribution in [3.8, 4) is 5.75 Å². The summed E-state index contributed by atoms with van der Waals surface area (Å²) < 4.78 is 7.71. The molecule has 0 unspecified atom stereocenters. The maximum atomic E-state index is 12.7. The molecular formula is C23H27N3O2. The van der Waals surface area contributed by atoms with Crippen molar-refractivity contribution >= 4 is 16.9 Å². The normalized spacial score (nSPS) is 15.1. The number of imidazole rings is 1. The van der Waals surface area contributed by atoms with Crippen LogP contribution in [0.15, 0.2) is 54.9 Å². The fourth-order valence-corrected chi connectivity index (χ4v) is 3.96. The lowest BCUT2D eigenvalue weighted by Gasteiger charge is -2.32. The van der Waals surface area contributed by atoms with Crippen molar-refractivity contribution in [1.82, 2.24) is 14.5 Å². The summed E-state index contributed by atoms with van der Waals surface area (Å²) in [7, 11) is 0. The Kier molecular flexibility index (Phi) is 5.60. The topological polar surface area (TPSA) is 47.4 Å². The number of amides is 1. The van der Waals surface area contributed by atoms with Gasteiger partial charge in [-0.15, -0.1) is 0 Å². The van der Waals surface area contributed by atoms with E-state index in [4.69, 9.17) is 4.74 Å². The van der Waals surface area contributed by atoms with E-state index in [0.717, 1.165) is 49.3 Å². The van der Waals surface area contributed by atoms with Crippen LogP contribution < -0.4 is 4.74 Å². The van der Waals surface area contributed by atoms with Crippen molar-refractivity contribution in [3.05, 3.63) is 60.4 Å². The zero-order chi connectivity index (χ0) is 19.3. The van der Waals surface area contributed by atoms with Crippen molar-refractivity contribution in [2.24, 2.45) is 5.92 Å². The largest absolute Gasteiger partial charge is 0.494 e. The third-order valence-electron chi connectivity index (χ3n) is 5.54. The molecule has 1 aliphatic heterocycles. The monoisotopic (exact) mass is 377 g/mol. The van der Waals surface area contributed by atoms with Gasteiger partial charge in [0.25, 0.3) is 0 Å². The number of carbonyl (C=O) groups is 1. The molecule has 4 rings (SSSR count). The van der Waals surface area contributed by atoms with Gasteiger partial charge < -0.3 is 14.2 Å². The molecule has 1 aromatic heterocycles. The molecule has 1 aliphatic rings.